The highest BCUT2D eigenvalue weighted by molar-refractivity contribution is 5.95. The smallest absolute Gasteiger partial charge is 0.241 e. The first-order valence-electron chi connectivity index (χ1n) is 9.74. The second-order valence-corrected chi connectivity index (χ2v) is 6.90. The van der Waals surface area contributed by atoms with Crippen molar-refractivity contribution >= 4 is 11.6 Å². The van der Waals surface area contributed by atoms with Gasteiger partial charge in [0.25, 0.3) is 0 Å². The number of hydrogen-bond acceptors (Lipinski definition) is 5. The number of hydrogen-bond donors (Lipinski definition) is 2. The maximum atomic E-state index is 13.1. The zero-order valence-electron chi connectivity index (χ0n) is 16.4. The van der Waals surface area contributed by atoms with E-state index < -0.39 is 6.04 Å². The van der Waals surface area contributed by atoms with Crippen molar-refractivity contribution in [2.75, 3.05) is 5.32 Å². The normalized spacial score (nSPS) is 11.7. The van der Waals surface area contributed by atoms with Crippen molar-refractivity contribution in [3.05, 3.63) is 103 Å². The number of rotatable bonds is 8. The van der Waals surface area contributed by atoms with Crippen LogP contribution in [0.1, 0.15) is 11.3 Å². The molecule has 6 heteroatoms. The zero-order valence-corrected chi connectivity index (χ0v) is 16.4. The highest BCUT2D eigenvalue weighted by Crippen LogP contribution is 2.22. The Bertz CT molecular complexity index is 1070. The Morgan fingerprint density at radius 1 is 0.933 bits per heavy atom. The average Bonchev–Trinajstić information content (AvgIpc) is 3.32. The molecule has 0 radical (unpaired) electrons. The van der Waals surface area contributed by atoms with E-state index in [0.717, 1.165) is 22.4 Å². The Hall–Kier alpha value is -3.77. The first-order valence-corrected chi connectivity index (χ1v) is 9.74. The fourth-order valence-corrected chi connectivity index (χ4v) is 3.21. The van der Waals surface area contributed by atoms with Crippen LogP contribution in [-0.2, 0) is 17.8 Å². The highest BCUT2D eigenvalue weighted by atomic mass is 16.3. The van der Waals surface area contributed by atoms with Crippen molar-refractivity contribution < 1.29 is 9.21 Å². The molecule has 2 N–H and O–H groups in total. The number of nitrogens with one attached hydrogen (secondary N) is 2. The summed E-state index contributed by atoms with van der Waals surface area (Å²) in [6.45, 7) is 0.419. The van der Waals surface area contributed by atoms with Crippen molar-refractivity contribution in [3.8, 4) is 11.1 Å². The minimum atomic E-state index is -0.429. The largest absolute Gasteiger partial charge is 0.447 e. The zero-order chi connectivity index (χ0) is 20.6. The van der Waals surface area contributed by atoms with Crippen LogP contribution in [0.4, 0.5) is 5.69 Å². The van der Waals surface area contributed by atoms with Crippen molar-refractivity contribution in [1.29, 1.82) is 0 Å². The molecule has 150 valence electrons. The molecule has 2 aromatic carbocycles. The van der Waals surface area contributed by atoms with Gasteiger partial charge in [-0.05, 0) is 47.4 Å². The van der Waals surface area contributed by atoms with E-state index in [1.807, 2.05) is 66.7 Å². The Balaban J connectivity index is 1.49. The van der Waals surface area contributed by atoms with Crippen molar-refractivity contribution in [3.63, 3.8) is 0 Å². The van der Waals surface area contributed by atoms with Crippen LogP contribution in [0.25, 0.3) is 11.1 Å². The molecule has 2 aromatic heterocycles. The second kappa shape index (κ2) is 9.62. The number of amides is 1. The molecular formula is C24H22N4O2. The summed E-state index contributed by atoms with van der Waals surface area (Å²) in [4.78, 5) is 21.1. The highest BCUT2D eigenvalue weighted by Gasteiger charge is 2.19. The van der Waals surface area contributed by atoms with E-state index in [4.69, 9.17) is 4.42 Å². The summed E-state index contributed by atoms with van der Waals surface area (Å²) < 4.78 is 5.29. The lowest BCUT2D eigenvalue weighted by Crippen LogP contribution is -2.41. The summed E-state index contributed by atoms with van der Waals surface area (Å²) >= 11 is 0. The van der Waals surface area contributed by atoms with Gasteiger partial charge in [-0.15, -0.1) is 0 Å². The van der Waals surface area contributed by atoms with Crippen molar-refractivity contribution in [2.45, 2.75) is 19.0 Å². The maximum absolute atomic E-state index is 13.1. The molecule has 0 saturated carbocycles. The number of oxazole rings is 1. The third-order valence-corrected chi connectivity index (χ3v) is 4.75. The molecule has 0 aliphatic carbocycles. The van der Waals surface area contributed by atoms with Crippen LogP contribution in [-0.4, -0.2) is 21.9 Å². The summed E-state index contributed by atoms with van der Waals surface area (Å²) in [5.74, 6) is 0.575. The molecule has 1 amide bonds. The topological polar surface area (TPSA) is 80.0 Å². The SMILES string of the molecule is O=C(Nc1cccc(-c2ccncc2)c1)[C@H](Cc1ccccc1)NCc1cnco1. The van der Waals surface area contributed by atoms with E-state index in [1.54, 1.807) is 18.6 Å². The third kappa shape index (κ3) is 5.18. The van der Waals surface area contributed by atoms with Crippen LogP contribution in [0.3, 0.4) is 0 Å². The predicted molar refractivity (Wildman–Crippen MR) is 116 cm³/mol. The molecule has 0 aliphatic heterocycles. The molecule has 0 bridgehead atoms. The minimum absolute atomic E-state index is 0.106. The summed E-state index contributed by atoms with van der Waals surface area (Å²) in [6, 6.07) is 21.2. The van der Waals surface area contributed by atoms with Crippen LogP contribution >= 0.6 is 0 Å². The quantitative estimate of drug-likeness (QED) is 0.468. The molecule has 4 rings (SSSR count). The van der Waals surface area contributed by atoms with Gasteiger partial charge in [0.05, 0.1) is 18.8 Å². The molecule has 1 atom stereocenters. The number of nitrogens with zero attached hydrogens (tertiary/aromatic N) is 2. The number of carbonyl (C=O) groups excluding carboxylic acids is 1. The van der Waals surface area contributed by atoms with Gasteiger partial charge in [-0.1, -0.05) is 42.5 Å². The summed E-state index contributed by atoms with van der Waals surface area (Å²) in [7, 11) is 0. The molecule has 0 fully saturated rings. The fourth-order valence-electron chi connectivity index (χ4n) is 3.21. The summed E-state index contributed by atoms with van der Waals surface area (Å²) in [6.07, 6.45) is 7.09. The van der Waals surface area contributed by atoms with E-state index >= 15 is 0 Å². The van der Waals surface area contributed by atoms with E-state index in [-0.39, 0.29) is 5.91 Å². The third-order valence-electron chi connectivity index (χ3n) is 4.75. The Morgan fingerprint density at radius 2 is 1.77 bits per heavy atom. The lowest BCUT2D eigenvalue weighted by atomic mass is 10.0. The predicted octanol–water partition coefficient (Wildman–Crippen LogP) is 4.08. The van der Waals surface area contributed by atoms with Gasteiger partial charge in [-0.2, -0.15) is 0 Å². The second-order valence-electron chi connectivity index (χ2n) is 6.90. The average molecular weight is 398 g/mol. The van der Waals surface area contributed by atoms with Crippen LogP contribution in [0, 0.1) is 0 Å². The molecule has 2 heterocycles. The Labute approximate surface area is 175 Å². The summed E-state index contributed by atoms with van der Waals surface area (Å²) in [5.41, 5.74) is 3.89. The van der Waals surface area contributed by atoms with E-state index in [9.17, 15) is 4.79 Å². The first-order chi connectivity index (χ1) is 14.8. The van der Waals surface area contributed by atoms with Gasteiger partial charge >= 0.3 is 0 Å². The van der Waals surface area contributed by atoms with Gasteiger partial charge in [0.1, 0.15) is 5.76 Å². The number of pyridine rings is 1. The number of benzene rings is 2. The minimum Gasteiger partial charge on any atom is -0.447 e. The van der Waals surface area contributed by atoms with Crippen LogP contribution in [0.2, 0.25) is 0 Å². The van der Waals surface area contributed by atoms with Gasteiger partial charge in [0.15, 0.2) is 6.39 Å². The van der Waals surface area contributed by atoms with Gasteiger partial charge in [0, 0.05) is 18.1 Å². The molecule has 30 heavy (non-hydrogen) atoms. The van der Waals surface area contributed by atoms with Crippen LogP contribution in [0.15, 0.2) is 96.1 Å². The molecular weight excluding hydrogens is 376 g/mol. The lowest BCUT2D eigenvalue weighted by Gasteiger charge is -2.18. The number of aromatic nitrogens is 2. The number of anilines is 1. The standard InChI is InChI=1S/C24H22N4O2/c29-24(28-21-8-4-7-20(14-21)19-9-11-25-12-10-19)23(13-18-5-2-1-3-6-18)27-16-22-15-26-17-30-22/h1-12,14-15,17,23,27H,13,16H2,(H,28,29)/t23-/m0/s1. The van der Waals surface area contributed by atoms with Crippen molar-refractivity contribution in [1.82, 2.24) is 15.3 Å². The monoisotopic (exact) mass is 398 g/mol. The lowest BCUT2D eigenvalue weighted by molar-refractivity contribution is -0.118. The molecule has 0 saturated heterocycles. The summed E-state index contributed by atoms with van der Waals surface area (Å²) in [5, 5.41) is 6.32. The van der Waals surface area contributed by atoms with Gasteiger partial charge in [-0.25, -0.2) is 4.98 Å². The van der Waals surface area contributed by atoms with Gasteiger partial charge in [-0.3, -0.25) is 15.1 Å². The Kier molecular flexibility index (Phi) is 6.27. The fraction of sp³-hybridized carbons (Fsp3) is 0.125. The molecule has 6 nitrogen and oxygen atoms in total. The Morgan fingerprint density at radius 3 is 2.53 bits per heavy atom. The first kappa shape index (κ1) is 19.5. The molecule has 0 spiro atoms. The van der Waals surface area contributed by atoms with Crippen LogP contribution < -0.4 is 10.6 Å². The number of carbonyl (C=O) groups is 1. The van der Waals surface area contributed by atoms with E-state index in [2.05, 4.69) is 20.6 Å². The van der Waals surface area contributed by atoms with Gasteiger partial charge in [0.2, 0.25) is 5.91 Å². The van der Waals surface area contributed by atoms with Gasteiger partial charge < -0.3 is 9.73 Å². The molecule has 4 aromatic rings. The molecule has 0 aliphatic rings. The van der Waals surface area contributed by atoms with Crippen molar-refractivity contribution in [2.24, 2.45) is 0 Å². The van der Waals surface area contributed by atoms with E-state index in [1.165, 1.54) is 6.39 Å². The maximum Gasteiger partial charge on any atom is 0.241 e. The van der Waals surface area contributed by atoms with E-state index in [0.29, 0.717) is 18.7 Å². The molecule has 0 unspecified atom stereocenters. The van der Waals surface area contributed by atoms with Crippen LogP contribution in [0.5, 0.6) is 0 Å².